The number of amides is 1. The Morgan fingerprint density at radius 2 is 1.50 bits per heavy atom. The van der Waals surface area contributed by atoms with Crippen LogP contribution < -0.4 is 5.32 Å². The third-order valence-electron chi connectivity index (χ3n) is 4.55. The number of nitrogens with one attached hydrogen (secondary N) is 1. The van der Waals surface area contributed by atoms with Gasteiger partial charge in [-0.3, -0.25) is 9.59 Å². The minimum atomic E-state index is -0.921. The Kier molecular flexibility index (Phi) is 7.84. The molecule has 0 aliphatic heterocycles. The molecule has 0 aliphatic carbocycles. The van der Waals surface area contributed by atoms with E-state index in [-0.39, 0.29) is 12.3 Å². The number of rotatable bonds is 9. The van der Waals surface area contributed by atoms with Crippen molar-refractivity contribution in [1.29, 1.82) is 0 Å². The summed E-state index contributed by atoms with van der Waals surface area (Å²) in [5.41, 5.74) is -0.921. The van der Waals surface area contributed by atoms with E-state index < -0.39 is 11.4 Å². The van der Waals surface area contributed by atoms with Crippen molar-refractivity contribution in [2.45, 2.75) is 60.8 Å². The third kappa shape index (κ3) is 5.14. The molecule has 0 aromatic carbocycles. The van der Waals surface area contributed by atoms with Gasteiger partial charge in [0.1, 0.15) is 0 Å². The molecule has 0 unspecified atom stereocenters. The number of aliphatic carboxylic acids is 1. The standard InChI is InChI=1S/C16H31NO3/c1-7-16(8-2,15(19)20)9-14(18)17-10-13(11(3)4)12(5)6/h11-13H,7-10H2,1-6H3,(H,17,18)(H,19,20). The maximum absolute atomic E-state index is 12.1. The van der Waals surface area contributed by atoms with Crippen molar-refractivity contribution in [2.75, 3.05) is 6.54 Å². The Hall–Kier alpha value is -1.06. The van der Waals surface area contributed by atoms with Crippen molar-refractivity contribution in [2.24, 2.45) is 23.2 Å². The van der Waals surface area contributed by atoms with Crippen molar-refractivity contribution in [3.63, 3.8) is 0 Å². The van der Waals surface area contributed by atoms with Gasteiger partial charge in [0.15, 0.2) is 0 Å². The number of hydrogen-bond acceptors (Lipinski definition) is 2. The molecule has 4 nitrogen and oxygen atoms in total. The minimum absolute atomic E-state index is 0.0677. The molecular weight excluding hydrogens is 254 g/mol. The first kappa shape index (κ1) is 18.9. The Bertz CT molecular complexity index is 312. The van der Waals surface area contributed by atoms with Crippen LogP contribution in [0.5, 0.6) is 0 Å². The van der Waals surface area contributed by atoms with Gasteiger partial charge in [0.05, 0.1) is 5.41 Å². The van der Waals surface area contributed by atoms with Gasteiger partial charge in [-0.2, -0.15) is 0 Å². The zero-order chi connectivity index (χ0) is 15.9. The normalized spacial score (nSPS) is 12.2. The van der Waals surface area contributed by atoms with Crippen LogP contribution >= 0.6 is 0 Å². The van der Waals surface area contributed by atoms with Crippen LogP contribution in [0.3, 0.4) is 0 Å². The maximum atomic E-state index is 12.1. The van der Waals surface area contributed by atoms with E-state index in [0.717, 1.165) is 0 Å². The smallest absolute Gasteiger partial charge is 0.310 e. The first-order valence-electron chi connectivity index (χ1n) is 7.70. The van der Waals surface area contributed by atoms with Gasteiger partial charge in [-0.05, 0) is 30.6 Å². The second-order valence-corrected chi connectivity index (χ2v) is 6.43. The summed E-state index contributed by atoms with van der Waals surface area (Å²) in [7, 11) is 0. The largest absolute Gasteiger partial charge is 0.481 e. The molecule has 2 N–H and O–H groups in total. The van der Waals surface area contributed by atoms with Gasteiger partial charge in [-0.1, -0.05) is 41.5 Å². The highest BCUT2D eigenvalue weighted by atomic mass is 16.4. The van der Waals surface area contributed by atoms with Crippen LogP contribution in [0.4, 0.5) is 0 Å². The fraction of sp³-hybridized carbons (Fsp3) is 0.875. The van der Waals surface area contributed by atoms with E-state index in [0.29, 0.717) is 37.1 Å². The summed E-state index contributed by atoms with van der Waals surface area (Å²) in [5.74, 6) is 0.388. The van der Waals surface area contributed by atoms with E-state index in [4.69, 9.17) is 0 Å². The second-order valence-electron chi connectivity index (χ2n) is 6.43. The summed E-state index contributed by atoms with van der Waals surface area (Å²) in [5, 5.41) is 12.3. The molecule has 4 heteroatoms. The van der Waals surface area contributed by atoms with Gasteiger partial charge in [-0.25, -0.2) is 0 Å². The SMILES string of the molecule is CCC(CC)(CC(=O)NCC(C(C)C)C(C)C)C(=O)O. The van der Waals surface area contributed by atoms with Crippen molar-refractivity contribution >= 4 is 11.9 Å². The van der Waals surface area contributed by atoms with Crippen LogP contribution in [-0.2, 0) is 9.59 Å². The molecule has 0 fully saturated rings. The molecule has 1 amide bonds. The van der Waals surface area contributed by atoms with E-state index >= 15 is 0 Å². The third-order valence-corrected chi connectivity index (χ3v) is 4.55. The fourth-order valence-corrected chi connectivity index (χ4v) is 2.72. The maximum Gasteiger partial charge on any atom is 0.310 e. The molecular formula is C16H31NO3. The topological polar surface area (TPSA) is 66.4 Å². The van der Waals surface area contributed by atoms with Crippen molar-refractivity contribution in [3.8, 4) is 0 Å². The van der Waals surface area contributed by atoms with Crippen molar-refractivity contribution < 1.29 is 14.7 Å². The molecule has 0 heterocycles. The molecule has 0 saturated carbocycles. The number of hydrogen-bond donors (Lipinski definition) is 2. The highest BCUT2D eigenvalue weighted by Gasteiger charge is 2.37. The van der Waals surface area contributed by atoms with Gasteiger partial charge in [0.2, 0.25) is 5.91 Å². The molecule has 0 atom stereocenters. The molecule has 0 bridgehead atoms. The highest BCUT2D eigenvalue weighted by molar-refractivity contribution is 5.84. The lowest BCUT2D eigenvalue weighted by molar-refractivity contribution is -0.152. The number of carboxylic acid groups (broad SMARTS) is 1. The zero-order valence-corrected chi connectivity index (χ0v) is 13.8. The Morgan fingerprint density at radius 3 is 1.80 bits per heavy atom. The van der Waals surface area contributed by atoms with Crippen LogP contribution in [0.15, 0.2) is 0 Å². The predicted molar refractivity (Wildman–Crippen MR) is 81.4 cm³/mol. The van der Waals surface area contributed by atoms with Crippen LogP contribution in [0, 0.1) is 23.2 Å². The predicted octanol–water partition coefficient (Wildman–Crippen LogP) is 3.31. The Labute approximate surface area is 123 Å². The quantitative estimate of drug-likeness (QED) is 0.683. The Balaban J connectivity index is 4.59. The summed E-state index contributed by atoms with van der Waals surface area (Å²) >= 11 is 0. The van der Waals surface area contributed by atoms with Gasteiger partial charge < -0.3 is 10.4 Å². The lowest BCUT2D eigenvalue weighted by Gasteiger charge is -2.28. The molecule has 0 radical (unpaired) electrons. The fourth-order valence-electron chi connectivity index (χ4n) is 2.72. The molecule has 0 aliphatic rings. The molecule has 0 rings (SSSR count). The van der Waals surface area contributed by atoms with E-state index in [1.54, 1.807) is 0 Å². The highest BCUT2D eigenvalue weighted by Crippen LogP contribution is 2.31. The molecule has 0 aromatic heterocycles. The summed E-state index contributed by atoms with van der Waals surface area (Å²) < 4.78 is 0. The first-order valence-corrected chi connectivity index (χ1v) is 7.70. The average Bonchev–Trinajstić information content (AvgIpc) is 2.34. The molecule has 118 valence electrons. The molecule has 0 saturated heterocycles. The monoisotopic (exact) mass is 285 g/mol. The first-order chi connectivity index (χ1) is 9.20. The van der Waals surface area contributed by atoms with Crippen LogP contribution in [0.2, 0.25) is 0 Å². The number of carbonyl (C=O) groups is 2. The van der Waals surface area contributed by atoms with Gasteiger partial charge in [0.25, 0.3) is 0 Å². The minimum Gasteiger partial charge on any atom is -0.481 e. The van der Waals surface area contributed by atoms with Crippen LogP contribution in [0.25, 0.3) is 0 Å². The van der Waals surface area contributed by atoms with Gasteiger partial charge >= 0.3 is 5.97 Å². The Morgan fingerprint density at radius 1 is 1.05 bits per heavy atom. The van der Waals surface area contributed by atoms with Crippen LogP contribution in [0.1, 0.15) is 60.8 Å². The van der Waals surface area contributed by atoms with Gasteiger partial charge in [-0.15, -0.1) is 0 Å². The zero-order valence-electron chi connectivity index (χ0n) is 13.8. The van der Waals surface area contributed by atoms with Crippen LogP contribution in [-0.4, -0.2) is 23.5 Å². The number of carboxylic acids is 1. The van der Waals surface area contributed by atoms with E-state index in [1.165, 1.54) is 0 Å². The summed E-state index contributed by atoms with van der Waals surface area (Å²) in [6.45, 7) is 12.9. The van der Waals surface area contributed by atoms with Gasteiger partial charge in [0, 0.05) is 13.0 Å². The van der Waals surface area contributed by atoms with E-state index in [9.17, 15) is 14.7 Å². The van der Waals surface area contributed by atoms with E-state index in [2.05, 4.69) is 33.0 Å². The average molecular weight is 285 g/mol. The molecule has 0 spiro atoms. The molecule has 20 heavy (non-hydrogen) atoms. The summed E-state index contributed by atoms with van der Waals surface area (Å²) in [4.78, 5) is 23.4. The number of carbonyl (C=O) groups excluding carboxylic acids is 1. The van der Waals surface area contributed by atoms with Crippen molar-refractivity contribution in [1.82, 2.24) is 5.32 Å². The lowest BCUT2D eigenvalue weighted by atomic mass is 9.79. The van der Waals surface area contributed by atoms with E-state index in [1.807, 2.05) is 13.8 Å². The lowest BCUT2D eigenvalue weighted by Crippen LogP contribution is -2.39. The second kappa shape index (κ2) is 8.28. The summed E-state index contributed by atoms with van der Waals surface area (Å²) in [6, 6.07) is 0. The van der Waals surface area contributed by atoms with Crippen molar-refractivity contribution in [3.05, 3.63) is 0 Å². The molecule has 0 aromatic rings. The summed E-state index contributed by atoms with van der Waals surface area (Å²) in [6.07, 6.45) is 1.02.